The van der Waals surface area contributed by atoms with Crippen molar-refractivity contribution in [2.24, 2.45) is 0 Å². The van der Waals surface area contributed by atoms with Crippen LogP contribution in [0, 0.1) is 0 Å². The molecule has 0 aliphatic rings. The van der Waals surface area contributed by atoms with E-state index in [2.05, 4.69) is 6.15 Å². The van der Waals surface area contributed by atoms with Gasteiger partial charge in [0.1, 0.15) is 0 Å². The van der Waals surface area contributed by atoms with Crippen LogP contribution < -0.4 is 0 Å². The Labute approximate surface area is 86.4 Å². The Hall–Kier alpha value is 0.497. The Balaban J connectivity index is 3.03. The van der Waals surface area contributed by atoms with Crippen molar-refractivity contribution in [1.82, 2.24) is 0 Å². The molecule has 0 aromatic rings. The van der Waals surface area contributed by atoms with Crippen LogP contribution in [0.2, 0.25) is 0 Å². The number of carbonyl (C=O) groups is 2. The molecule has 64 valence electrons. The monoisotopic (exact) mass is 378 g/mol. The third-order valence-corrected chi connectivity index (χ3v) is 11.0. The minimum atomic E-state index is -1.78. The molecule has 0 bridgehead atoms. The van der Waals surface area contributed by atoms with E-state index in [0.29, 0.717) is 0 Å². The number of carbonyl (C=O) groups excluding carboxylic acids is 2. The maximum atomic E-state index is 10.2. The molecule has 0 atom stereocenters. The summed E-state index contributed by atoms with van der Waals surface area (Å²) >= 11 is -3.57. The zero-order valence-corrected chi connectivity index (χ0v) is 14.5. The van der Waals surface area contributed by atoms with Gasteiger partial charge in [0, 0.05) is 0 Å². The third kappa shape index (κ3) is 10.5. The van der Waals surface area contributed by atoms with Crippen LogP contribution >= 0.6 is 0 Å². The van der Waals surface area contributed by atoms with Gasteiger partial charge in [-0.1, -0.05) is 0 Å². The van der Waals surface area contributed by atoms with Gasteiger partial charge in [0.25, 0.3) is 0 Å². The van der Waals surface area contributed by atoms with Crippen molar-refractivity contribution in [3.63, 3.8) is 0 Å². The summed E-state index contributed by atoms with van der Waals surface area (Å²) in [5, 5.41) is 0. The molecule has 0 rings (SSSR count). The van der Waals surface area contributed by atoms with E-state index in [4.69, 9.17) is 1.41 Å². The fourth-order valence-electron chi connectivity index (χ4n) is 0.283. The van der Waals surface area contributed by atoms with Crippen LogP contribution in [-0.4, -0.2) is 55.9 Å². The van der Waals surface area contributed by atoms with Crippen molar-refractivity contribution in [1.29, 1.82) is 0 Å². The van der Waals surface area contributed by atoms with E-state index in [-0.39, 0.29) is 11.9 Å². The Bertz CT molecular complexity index is 131. The topological polar surface area (TPSA) is 61.8 Å². The average molecular weight is 376 g/mol. The SMILES string of the molecule is CC(=O)[O][SnH2][O][SnH2][O]C(C)=O. The standard InChI is InChI=1S/2C2H4O2.O.2Sn.4H/c2*1-2(3)4;;;;;;;/h2*1H3,(H,3,4);;;;;;;/q;;;2*+1;;;;/p-2. The molecule has 0 unspecified atom stereocenters. The van der Waals surface area contributed by atoms with Gasteiger partial charge in [-0.3, -0.25) is 0 Å². The summed E-state index contributed by atoms with van der Waals surface area (Å²) in [7, 11) is 0. The van der Waals surface area contributed by atoms with Crippen LogP contribution in [0.3, 0.4) is 0 Å². The predicted octanol–water partition coefficient (Wildman–Crippen LogP) is -1.87. The van der Waals surface area contributed by atoms with E-state index in [1.54, 1.807) is 0 Å². The Kier molecular flexibility index (Phi) is 7.49. The average Bonchev–Trinajstić information content (AvgIpc) is 1.85. The first-order valence-corrected chi connectivity index (χ1v) is 9.56. The van der Waals surface area contributed by atoms with Crippen LogP contribution in [0.25, 0.3) is 0 Å². The van der Waals surface area contributed by atoms with Gasteiger partial charge in [-0.15, -0.1) is 0 Å². The molecule has 0 amide bonds. The van der Waals surface area contributed by atoms with Gasteiger partial charge in [0.05, 0.1) is 0 Å². The molecule has 0 saturated carbocycles. The van der Waals surface area contributed by atoms with Gasteiger partial charge in [0.15, 0.2) is 0 Å². The summed E-state index contributed by atoms with van der Waals surface area (Å²) in [6, 6.07) is 0. The molecule has 0 aliphatic carbocycles. The molecule has 11 heavy (non-hydrogen) atoms. The van der Waals surface area contributed by atoms with Gasteiger partial charge in [0.2, 0.25) is 0 Å². The van der Waals surface area contributed by atoms with Crippen molar-refractivity contribution in [3.05, 3.63) is 0 Å². The van der Waals surface area contributed by atoms with Crippen LogP contribution in [-0.2, 0) is 17.1 Å². The van der Waals surface area contributed by atoms with Crippen molar-refractivity contribution >= 4 is 55.9 Å². The second kappa shape index (κ2) is 7.16. The fraction of sp³-hybridized carbons (Fsp3) is 0.500. The van der Waals surface area contributed by atoms with Crippen molar-refractivity contribution < 1.29 is 17.1 Å². The first kappa shape index (κ1) is 11.5. The second-order valence-electron chi connectivity index (χ2n) is 1.71. The fourth-order valence-corrected chi connectivity index (χ4v) is 6.39. The van der Waals surface area contributed by atoms with Crippen LogP contribution in [0.1, 0.15) is 13.8 Å². The molecule has 5 nitrogen and oxygen atoms in total. The molecule has 0 heterocycles. The van der Waals surface area contributed by atoms with Crippen LogP contribution in [0.4, 0.5) is 0 Å². The second-order valence-corrected chi connectivity index (χ2v) is 13.7. The third-order valence-electron chi connectivity index (χ3n) is 0.691. The summed E-state index contributed by atoms with van der Waals surface area (Å²) in [5.74, 6) is -0.621. The van der Waals surface area contributed by atoms with Gasteiger partial charge in [-0.2, -0.15) is 0 Å². The summed E-state index contributed by atoms with van der Waals surface area (Å²) in [6.07, 6.45) is 0. The van der Waals surface area contributed by atoms with Crippen molar-refractivity contribution in [2.75, 3.05) is 0 Å². The van der Waals surface area contributed by atoms with E-state index < -0.39 is 43.9 Å². The summed E-state index contributed by atoms with van der Waals surface area (Å²) < 4.78 is 14.3. The van der Waals surface area contributed by atoms with E-state index in [1.165, 1.54) is 13.8 Å². The Morgan fingerprint density at radius 3 is 1.64 bits per heavy atom. The molecule has 0 spiro atoms. The van der Waals surface area contributed by atoms with Gasteiger partial charge < -0.3 is 0 Å². The van der Waals surface area contributed by atoms with Crippen LogP contribution in [0.15, 0.2) is 0 Å². The first-order valence-electron chi connectivity index (χ1n) is 2.97. The molecule has 0 N–H and O–H groups in total. The first-order chi connectivity index (χ1) is 5.13. The molecular weight excluding hydrogens is 365 g/mol. The summed E-state index contributed by atoms with van der Waals surface area (Å²) in [5.41, 5.74) is 0. The maximum absolute atomic E-state index is 10.2. The zero-order chi connectivity index (χ0) is 8.69. The van der Waals surface area contributed by atoms with Crippen molar-refractivity contribution in [3.8, 4) is 0 Å². The Morgan fingerprint density at radius 1 is 1.00 bits per heavy atom. The van der Waals surface area contributed by atoms with Gasteiger partial charge >= 0.3 is 86.9 Å². The summed E-state index contributed by atoms with van der Waals surface area (Å²) in [6.45, 7) is 2.67. The molecule has 0 fully saturated rings. The molecule has 0 aromatic heterocycles. The van der Waals surface area contributed by atoms with Crippen molar-refractivity contribution in [2.45, 2.75) is 13.8 Å². The van der Waals surface area contributed by atoms with E-state index in [0.717, 1.165) is 0 Å². The Morgan fingerprint density at radius 2 is 1.36 bits per heavy atom. The van der Waals surface area contributed by atoms with E-state index >= 15 is 0 Å². The molecule has 0 aromatic carbocycles. The van der Waals surface area contributed by atoms with Gasteiger partial charge in [-0.25, -0.2) is 0 Å². The van der Waals surface area contributed by atoms with Gasteiger partial charge in [-0.05, 0) is 0 Å². The van der Waals surface area contributed by atoms with Crippen LogP contribution in [0.5, 0.6) is 0 Å². The number of rotatable bonds is 4. The quantitative estimate of drug-likeness (QED) is 0.426. The molecule has 0 saturated heterocycles. The normalized spacial score (nSPS) is 11.1. The summed E-state index contributed by atoms with van der Waals surface area (Å²) in [4.78, 5) is 20.4. The zero-order valence-electron chi connectivity index (χ0n) is 6.46. The molecule has 0 aliphatic heterocycles. The molecule has 0 radical (unpaired) electrons. The number of hydrogen-bond donors (Lipinski definition) is 0. The number of hydrogen-bond acceptors (Lipinski definition) is 5. The van der Waals surface area contributed by atoms with E-state index in [9.17, 15) is 9.59 Å². The minimum absolute atomic E-state index is 0.310. The predicted molar refractivity (Wildman–Crippen MR) is 41.7 cm³/mol. The van der Waals surface area contributed by atoms with E-state index in [1.807, 2.05) is 0 Å². The molecular formula is C4H10O5Sn2. The molecule has 7 heteroatoms.